The van der Waals surface area contributed by atoms with Crippen LogP contribution in [0, 0.1) is 0 Å². The molecule has 116 valence electrons. The van der Waals surface area contributed by atoms with E-state index in [-0.39, 0.29) is 12.1 Å². The number of hydrogen-bond acceptors (Lipinski definition) is 5. The molecule has 20 heavy (non-hydrogen) atoms. The molecule has 1 heterocycles. The molecular weight excluding hydrogens is 256 g/mol. The number of amides is 1. The fraction of sp³-hybridized carbons (Fsp3) is 0.857. The van der Waals surface area contributed by atoms with Crippen molar-refractivity contribution in [2.24, 2.45) is 4.99 Å². The molecule has 1 aliphatic rings. The standard InChI is InChI=1S/C14H28N4O2/c1-11(18(5)13(19)20-14(2,3)4)7-10-17-12-15-8-6-9-16-12/h11H,6-10H2,1-5H3,(H2,15,16,17). The number of hydrogen-bond donors (Lipinski definition) is 2. The van der Waals surface area contributed by atoms with E-state index in [2.05, 4.69) is 15.6 Å². The molecule has 0 radical (unpaired) electrons. The van der Waals surface area contributed by atoms with Crippen LogP contribution in [0.15, 0.2) is 4.99 Å². The van der Waals surface area contributed by atoms with E-state index in [4.69, 9.17) is 4.74 Å². The van der Waals surface area contributed by atoms with Crippen LogP contribution >= 0.6 is 0 Å². The highest BCUT2D eigenvalue weighted by atomic mass is 16.6. The lowest BCUT2D eigenvalue weighted by Crippen LogP contribution is -2.44. The first-order chi connectivity index (χ1) is 9.29. The van der Waals surface area contributed by atoms with Crippen molar-refractivity contribution in [2.45, 2.75) is 52.2 Å². The van der Waals surface area contributed by atoms with Crippen LogP contribution in [0.1, 0.15) is 40.5 Å². The van der Waals surface area contributed by atoms with E-state index < -0.39 is 5.60 Å². The first-order valence-electron chi connectivity index (χ1n) is 7.27. The smallest absolute Gasteiger partial charge is 0.410 e. The Morgan fingerprint density at radius 1 is 1.55 bits per heavy atom. The van der Waals surface area contributed by atoms with Crippen molar-refractivity contribution in [1.82, 2.24) is 15.5 Å². The number of carbonyl (C=O) groups excluding carboxylic acids is 1. The molecule has 2 N–H and O–H groups in total. The molecular formula is C14H28N4O2. The SMILES string of the molecule is CC(CCNC1=NCCCN1)N(C)C(=O)OC(C)(C)C. The van der Waals surface area contributed by atoms with Crippen molar-refractivity contribution in [3.05, 3.63) is 0 Å². The van der Waals surface area contributed by atoms with Crippen LogP contribution in [0.25, 0.3) is 0 Å². The monoisotopic (exact) mass is 284 g/mol. The average molecular weight is 284 g/mol. The van der Waals surface area contributed by atoms with E-state index in [1.54, 1.807) is 11.9 Å². The number of aliphatic imine (C=N–C) groups is 1. The zero-order chi connectivity index (χ0) is 15.2. The Morgan fingerprint density at radius 3 is 2.80 bits per heavy atom. The van der Waals surface area contributed by atoms with Gasteiger partial charge in [0.2, 0.25) is 0 Å². The summed E-state index contributed by atoms with van der Waals surface area (Å²) >= 11 is 0. The second kappa shape index (κ2) is 7.36. The molecule has 0 saturated carbocycles. The zero-order valence-electron chi connectivity index (χ0n) is 13.3. The van der Waals surface area contributed by atoms with Crippen LogP contribution in [0.5, 0.6) is 0 Å². The minimum atomic E-state index is -0.454. The lowest BCUT2D eigenvalue weighted by molar-refractivity contribution is 0.0230. The van der Waals surface area contributed by atoms with E-state index >= 15 is 0 Å². The summed E-state index contributed by atoms with van der Waals surface area (Å²) in [7, 11) is 1.77. The molecule has 0 fully saturated rings. The number of nitrogens with one attached hydrogen (secondary N) is 2. The van der Waals surface area contributed by atoms with Gasteiger partial charge in [0.15, 0.2) is 5.96 Å². The molecule has 0 saturated heterocycles. The molecule has 6 heteroatoms. The largest absolute Gasteiger partial charge is 0.444 e. The molecule has 0 aromatic carbocycles. The summed E-state index contributed by atoms with van der Waals surface area (Å²) < 4.78 is 5.35. The number of ether oxygens (including phenoxy) is 1. The second-order valence-corrected chi connectivity index (χ2v) is 6.17. The molecule has 0 aliphatic carbocycles. The van der Waals surface area contributed by atoms with Gasteiger partial charge in [-0.25, -0.2) is 4.79 Å². The summed E-state index contributed by atoms with van der Waals surface area (Å²) in [6.45, 7) is 10.3. The summed E-state index contributed by atoms with van der Waals surface area (Å²) in [5.41, 5.74) is -0.454. The van der Waals surface area contributed by atoms with Crippen molar-refractivity contribution in [2.75, 3.05) is 26.7 Å². The number of guanidine groups is 1. The van der Waals surface area contributed by atoms with Gasteiger partial charge in [-0.2, -0.15) is 0 Å². The number of rotatable bonds is 4. The van der Waals surface area contributed by atoms with Gasteiger partial charge in [-0.3, -0.25) is 4.99 Å². The van der Waals surface area contributed by atoms with Crippen molar-refractivity contribution < 1.29 is 9.53 Å². The van der Waals surface area contributed by atoms with Gasteiger partial charge in [-0.15, -0.1) is 0 Å². The van der Waals surface area contributed by atoms with Crippen molar-refractivity contribution in [3.63, 3.8) is 0 Å². The molecule has 1 amide bonds. The van der Waals surface area contributed by atoms with Crippen molar-refractivity contribution in [1.29, 1.82) is 0 Å². The third-order valence-corrected chi connectivity index (χ3v) is 3.09. The fourth-order valence-electron chi connectivity index (χ4n) is 1.76. The Labute approximate surface area is 122 Å². The average Bonchev–Trinajstić information content (AvgIpc) is 2.37. The lowest BCUT2D eigenvalue weighted by atomic mass is 10.2. The normalized spacial score (nSPS) is 16.8. The maximum Gasteiger partial charge on any atom is 0.410 e. The van der Waals surface area contributed by atoms with Crippen LogP contribution < -0.4 is 10.6 Å². The predicted octanol–water partition coefficient (Wildman–Crippen LogP) is 1.57. The van der Waals surface area contributed by atoms with Gasteiger partial charge in [0.1, 0.15) is 5.60 Å². The highest BCUT2D eigenvalue weighted by molar-refractivity contribution is 5.80. The van der Waals surface area contributed by atoms with Crippen molar-refractivity contribution >= 4 is 12.1 Å². The third-order valence-electron chi connectivity index (χ3n) is 3.09. The lowest BCUT2D eigenvalue weighted by Gasteiger charge is -2.29. The fourth-order valence-corrected chi connectivity index (χ4v) is 1.76. The van der Waals surface area contributed by atoms with E-state index in [1.807, 2.05) is 27.7 Å². The molecule has 6 nitrogen and oxygen atoms in total. The Kier molecular flexibility index (Phi) is 6.10. The van der Waals surface area contributed by atoms with Crippen LogP contribution in [-0.2, 0) is 4.74 Å². The summed E-state index contributed by atoms with van der Waals surface area (Å²) in [6.07, 6.45) is 1.65. The highest BCUT2D eigenvalue weighted by Crippen LogP contribution is 2.11. The third kappa shape index (κ3) is 6.12. The number of carbonyl (C=O) groups is 1. The molecule has 1 aliphatic heterocycles. The first-order valence-corrected chi connectivity index (χ1v) is 7.27. The van der Waals surface area contributed by atoms with Gasteiger partial charge in [-0.05, 0) is 40.5 Å². The van der Waals surface area contributed by atoms with Crippen LogP contribution in [-0.4, -0.2) is 55.3 Å². The number of nitrogens with zero attached hydrogens (tertiary/aromatic N) is 2. The molecule has 0 bridgehead atoms. The van der Waals surface area contributed by atoms with Gasteiger partial charge >= 0.3 is 6.09 Å². The Bertz CT molecular complexity index is 350. The second-order valence-electron chi connectivity index (χ2n) is 6.17. The van der Waals surface area contributed by atoms with Gasteiger partial charge in [-0.1, -0.05) is 0 Å². The predicted molar refractivity (Wildman–Crippen MR) is 81.0 cm³/mol. The molecule has 0 spiro atoms. The zero-order valence-corrected chi connectivity index (χ0v) is 13.3. The first kappa shape index (κ1) is 16.6. The Morgan fingerprint density at radius 2 is 2.25 bits per heavy atom. The van der Waals surface area contributed by atoms with Crippen LogP contribution in [0.3, 0.4) is 0 Å². The van der Waals surface area contributed by atoms with Crippen LogP contribution in [0.2, 0.25) is 0 Å². The minimum Gasteiger partial charge on any atom is -0.444 e. The highest BCUT2D eigenvalue weighted by Gasteiger charge is 2.22. The Hall–Kier alpha value is -1.46. The van der Waals surface area contributed by atoms with Gasteiger partial charge in [0.25, 0.3) is 0 Å². The van der Waals surface area contributed by atoms with Crippen LogP contribution in [0.4, 0.5) is 4.79 Å². The van der Waals surface area contributed by atoms with Gasteiger partial charge in [0.05, 0.1) is 0 Å². The maximum absolute atomic E-state index is 11.9. The molecule has 0 aromatic heterocycles. The van der Waals surface area contributed by atoms with E-state index in [0.29, 0.717) is 0 Å². The molecule has 1 unspecified atom stereocenters. The maximum atomic E-state index is 11.9. The minimum absolute atomic E-state index is 0.113. The molecule has 1 rings (SSSR count). The summed E-state index contributed by atoms with van der Waals surface area (Å²) in [6, 6.07) is 0.113. The van der Waals surface area contributed by atoms with Gasteiger partial charge in [0, 0.05) is 32.7 Å². The topological polar surface area (TPSA) is 66.0 Å². The molecule has 1 atom stereocenters. The van der Waals surface area contributed by atoms with E-state index in [0.717, 1.165) is 38.4 Å². The van der Waals surface area contributed by atoms with Gasteiger partial charge < -0.3 is 20.3 Å². The van der Waals surface area contributed by atoms with E-state index in [9.17, 15) is 4.79 Å². The Balaban J connectivity index is 2.28. The van der Waals surface area contributed by atoms with E-state index in [1.165, 1.54) is 0 Å². The molecule has 0 aromatic rings. The summed E-state index contributed by atoms with van der Waals surface area (Å²) in [5.74, 6) is 0.864. The summed E-state index contributed by atoms with van der Waals surface area (Å²) in [4.78, 5) is 17.9. The summed E-state index contributed by atoms with van der Waals surface area (Å²) in [5, 5.41) is 6.46. The quantitative estimate of drug-likeness (QED) is 0.822. The van der Waals surface area contributed by atoms with Crippen molar-refractivity contribution in [3.8, 4) is 0 Å².